The molecule has 0 unspecified atom stereocenters. The standard InChI is InChI=1S/C72H44N2O2/c1-2-14-49(15-3-1)73(51-36-30-46(31-37-51)53-22-12-24-62-60-20-8-10-26-69(60)75-71(53)62)50-34-28-45(29-35-50)47-32-40-67-65(42-47)66-43-48(54-23-13-25-63-61-21-9-11-27-70(61)76-72(54)63)33-41-68(66)74(67)52-38-39-59-57-18-5-4-16-55(57)56-17-6-7-19-58(56)64(59)44-52/h1-44H. The van der Waals surface area contributed by atoms with Gasteiger partial charge in [-0.3, -0.25) is 0 Å². The molecule has 13 aromatic carbocycles. The quantitative estimate of drug-likeness (QED) is 0.149. The van der Waals surface area contributed by atoms with Gasteiger partial charge in [0.05, 0.1) is 11.0 Å². The Hall–Kier alpha value is -10.2. The number of benzene rings is 13. The molecule has 16 aromatic rings. The maximum Gasteiger partial charge on any atom is 0.143 e. The first kappa shape index (κ1) is 42.4. The predicted octanol–water partition coefficient (Wildman–Crippen LogP) is 20.5. The van der Waals surface area contributed by atoms with Gasteiger partial charge in [-0.1, -0.05) is 182 Å². The molecular formula is C72H44N2O2. The number of rotatable bonds is 7. The highest BCUT2D eigenvalue weighted by molar-refractivity contribution is 6.26. The topological polar surface area (TPSA) is 34.5 Å². The van der Waals surface area contributed by atoms with Crippen molar-refractivity contribution < 1.29 is 8.83 Å². The van der Waals surface area contributed by atoms with Crippen LogP contribution in [0.25, 0.3) is 137 Å². The zero-order valence-electron chi connectivity index (χ0n) is 41.1. The summed E-state index contributed by atoms with van der Waals surface area (Å²) in [5, 5.41) is 14.4. The number of fused-ring (bicyclic) bond motifs is 15. The SMILES string of the molecule is c1ccc(N(c2ccc(-c3ccc4c(c3)c3cc(-c5cccc6c5oc5ccccc56)ccc3n4-c3ccc4c5ccccc5c5ccccc5c4c3)cc2)c2ccc(-c3cccc4c3oc3ccccc34)cc2)cc1. The Labute approximate surface area is 437 Å². The summed E-state index contributed by atoms with van der Waals surface area (Å²) in [7, 11) is 0. The summed E-state index contributed by atoms with van der Waals surface area (Å²) in [6.45, 7) is 0. The second kappa shape index (κ2) is 16.7. The molecule has 76 heavy (non-hydrogen) atoms. The number of hydrogen-bond donors (Lipinski definition) is 0. The van der Waals surface area contributed by atoms with Gasteiger partial charge in [0, 0.05) is 66.2 Å². The van der Waals surface area contributed by atoms with Crippen LogP contribution in [0.5, 0.6) is 0 Å². The van der Waals surface area contributed by atoms with Crippen LogP contribution in [0.4, 0.5) is 17.1 Å². The van der Waals surface area contributed by atoms with Crippen molar-refractivity contribution in [1.29, 1.82) is 0 Å². The van der Waals surface area contributed by atoms with Crippen LogP contribution in [-0.2, 0) is 0 Å². The van der Waals surface area contributed by atoms with E-state index in [-0.39, 0.29) is 0 Å². The molecular weight excluding hydrogens is 925 g/mol. The zero-order chi connectivity index (χ0) is 49.8. The summed E-state index contributed by atoms with van der Waals surface area (Å²) < 4.78 is 15.5. The van der Waals surface area contributed by atoms with E-state index >= 15 is 0 Å². The number of furan rings is 2. The van der Waals surface area contributed by atoms with Crippen molar-refractivity contribution in [1.82, 2.24) is 4.57 Å². The van der Waals surface area contributed by atoms with Crippen LogP contribution in [0.15, 0.2) is 276 Å². The van der Waals surface area contributed by atoms with Crippen LogP contribution in [-0.4, -0.2) is 4.57 Å². The third kappa shape index (κ3) is 6.51. The van der Waals surface area contributed by atoms with Crippen LogP contribution < -0.4 is 4.90 Å². The summed E-state index contributed by atoms with van der Waals surface area (Å²) in [6, 6.07) is 96.5. The summed E-state index contributed by atoms with van der Waals surface area (Å²) in [4.78, 5) is 2.33. The van der Waals surface area contributed by atoms with E-state index < -0.39 is 0 Å². The van der Waals surface area contributed by atoms with E-state index in [1.54, 1.807) is 0 Å². The van der Waals surface area contributed by atoms with Gasteiger partial charge in [0.25, 0.3) is 0 Å². The first-order valence-electron chi connectivity index (χ1n) is 26.0. The molecule has 3 heterocycles. The number of nitrogens with zero attached hydrogens (tertiary/aromatic N) is 2. The molecule has 0 atom stereocenters. The molecule has 0 spiro atoms. The Kier molecular flexibility index (Phi) is 9.30. The fourth-order valence-electron chi connectivity index (χ4n) is 12.2. The van der Waals surface area contributed by atoms with E-state index in [1.807, 2.05) is 18.2 Å². The lowest BCUT2D eigenvalue weighted by atomic mass is 9.94. The van der Waals surface area contributed by atoms with Crippen molar-refractivity contribution in [2.75, 3.05) is 4.90 Å². The van der Waals surface area contributed by atoms with Crippen LogP contribution >= 0.6 is 0 Å². The molecule has 4 nitrogen and oxygen atoms in total. The van der Waals surface area contributed by atoms with Gasteiger partial charge in [-0.25, -0.2) is 0 Å². The minimum absolute atomic E-state index is 0.896. The Morgan fingerprint density at radius 3 is 1.25 bits per heavy atom. The van der Waals surface area contributed by atoms with E-state index in [4.69, 9.17) is 8.83 Å². The largest absolute Gasteiger partial charge is 0.455 e. The number of aromatic nitrogens is 1. The fourth-order valence-corrected chi connectivity index (χ4v) is 12.2. The molecule has 0 aliphatic rings. The average molecular weight is 969 g/mol. The highest BCUT2D eigenvalue weighted by atomic mass is 16.3. The molecule has 16 rings (SSSR count). The molecule has 0 fully saturated rings. The maximum absolute atomic E-state index is 6.61. The first-order chi connectivity index (χ1) is 37.7. The molecule has 0 radical (unpaired) electrons. The van der Waals surface area contributed by atoms with E-state index in [0.29, 0.717) is 0 Å². The highest BCUT2D eigenvalue weighted by Crippen LogP contribution is 2.44. The number of anilines is 3. The van der Waals surface area contributed by atoms with Crippen molar-refractivity contribution in [2.45, 2.75) is 0 Å². The molecule has 354 valence electrons. The lowest BCUT2D eigenvalue weighted by Gasteiger charge is -2.26. The number of hydrogen-bond acceptors (Lipinski definition) is 3. The van der Waals surface area contributed by atoms with Gasteiger partial charge < -0.3 is 18.3 Å². The van der Waals surface area contributed by atoms with Crippen molar-refractivity contribution in [3.63, 3.8) is 0 Å². The second-order valence-electron chi connectivity index (χ2n) is 19.9. The molecule has 0 aliphatic carbocycles. The minimum atomic E-state index is 0.896. The van der Waals surface area contributed by atoms with Gasteiger partial charge >= 0.3 is 0 Å². The molecule has 0 saturated carbocycles. The Morgan fingerprint density at radius 1 is 0.250 bits per heavy atom. The van der Waals surface area contributed by atoms with Crippen LogP contribution in [0.2, 0.25) is 0 Å². The summed E-state index contributed by atoms with van der Waals surface area (Å²) in [5.41, 5.74) is 16.9. The molecule has 0 N–H and O–H groups in total. The second-order valence-corrected chi connectivity index (χ2v) is 19.9. The first-order valence-corrected chi connectivity index (χ1v) is 26.0. The lowest BCUT2D eigenvalue weighted by Crippen LogP contribution is -2.09. The van der Waals surface area contributed by atoms with Crippen LogP contribution in [0, 0.1) is 0 Å². The van der Waals surface area contributed by atoms with Gasteiger partial charge in [-0.2, -0.15) is 0 Å². The minimum Gasteiger partial charge on any atom is -0.455 e. The van der Waals surface area contributed by atoms with Crippen molar-refractivity contribution in [3.8, 4) is 39.1 Å². The number of para-hydroxylation sites is 5. The van der Waals surface area contributed by atoms with Crippen molar-refractivity contribution in [3.05, 3.63) is 267 Å². The Bertz CT molecular complexity index is 4950. The van der Waals surface area contributed by atoms with E-state index in [1.165, 1.54) is 43.1 Å². The highest BCUT2D eigenvalue weighted by Gasteiger charge is 2.20. The van der Waals surface area contributed by atoms with Gasteiger partial charge in [-0.15, -0.1) is 0 Å². The molecule has 0 amide bonds. The van der Waals surface area contributed by atoms with E-state index in [9.17, 15) is 0 Å². The monoisotopic (exact) mass is 968 g/mol. The third-order valence-corrected chi connectivity index (χ3v) is 15.8. The third-order valence-electron chi connectivity index (χ3n) is 15.8. The molecule has 0 saturated heterocycles. The summed E-state index contributed by atoms with van der Waals surface area (Å²) in [5.74, 6) is 0. The average Bonchev–Trinajstić information content (AvgIpc) is 4.31. The molecule has 4 heteroatoms. The van der Waals surface area contributed by atoms with Crippen LogP contribution in [0.3, 0.4) is 0 Å². The van der Waals surface area contributed by atoms with Gasteiger partial charge in [0.2, 0.25) is 0 Å². The summed E-state index contributed by atoms with van der Waals surface area (Å²) in [6.07, 6.45) is 0. The lowest BCUT2D eigenvalue weighted by molar-refractivity contribution is 0.669. The maximum atomic E-state index is 6.61. The Morgan fingerprint density at radius 2 is 0.671 bits per heavy atom. The van der Waals surface area contributed by atoms with Crippen molar-refractivity contribution >= 4 is 115 Å². The van der Waals surface area contributed by atoms with E-state index in [0.717, 1.165) is 111 Å². The zero-order valence-corrected chi connectivity index (χ0v) is 41.1. The molecule has 0 bridgehead atoms. The summed E-state index contributed by atoms with van der Waals surface area (Å²) >= 11 is 0. The predicted molar refractivity (Wildman–Crippen MR) is 319 cm³/mol. The van der Waals surface area contributed by atoms with Gasteiger partial charge in [0.15, 0.2) is 0 Å². The van der Waals surface area contributed by atoms with Crippen molar-refractivity contribution in [2.24, 2.45) is 0 Å². The van der Waals surface area contributed by atoms with Gasteiger partial charge in [0.1, 0.15) is 22.3 Å². The normalized spacial score (nSPS) is 11.9. The van der Waals surface area contributed by atoms with Crippen LogP contribution in [0.1, 0.15) is 0 Å². The smallest absolute Gasteiger partial charge is 0.143 e. The molecule has 3 aromatic heterocycles. The van der Waals surface area contributed by atoms with Gasteiger partial charge in [-0.05, 0) is 140 Å². The molecule has 0 aliphatic heterocycles. The Balaban J connectivity index is 0.829. The van der Waals surface area contributed by atoms with E-state index in [2.05, 4.69) is 258 Å². The fraction of sp³-hybridized carbons (Fsp3) is 0.